The second-order valence-electron chi connectivity index (χ2n) is 6.32. The quantitative estimate of drug-likeness (QED) is 0.726. The van der Waals surface area contributed by atoms with Crippen molar-refractivity contribution in [3.63, 3.8) is 0 Å². The molecule has 2 aliphatic carbocycles. The molecule has 2 aliphatic rings. The minimum Gasteiger partial charge on any atom is -0.393 e. The smallest absolute Gasteiger partial charge is 0.0548 e. The van der Waals surface area contributed by atoms with E-state index in [-0.39, 0.29) is 6.10 Å². The molecule has 0 aromatic rings. The van der Waals surface area contributed by atoms with Crippen molar-refractivity contribution in [1.29, 1.82) is 0 Å². The summed E-state index contributed by atoms with van der Waals surface area (Å²) in [6.07, 6.45) is 12.3. The van der Waals surface area contributed by atoms with Crippen molar-refractivity contribution in [3.8, 4) is 0 Å². The highest BCUT2D eigenvalue weighted by atomic mass is 16.3. The summed E-state index contributed by atoms with van der Waals surface area (Å²) in [4.78, 5) is 0. The Labute approximate surface area is 106 Å². The minimum atomic E-state index is -0.0711. The van der Waals surface area contributed by atoms with Gasteiger partial charge in [0.2, 0.25) is 0 Å². The molecule has 5 atom stereocenters. The SMILES string of the molecule is C=CC1CC(O)C[C@@H](CC2CCC[C@H]2CC)C1. The molecule has 0 heterocycles. The Morgan fingerprint density at radius 3 is 2.65 bits per heavy atom. The van der Waals surface area contributed by atoms with E-state index in [4.69, 9.17) is 0 Å². The van der Waals surface area contributed by atoms with E-state index in [1.807, 2.05) is 0 Å². The molecular formula is C16H28O. The maximum atomic E-state index is 9.93. The highest BCUT2D eigenvalue weighted by molar-refractivity contribution is 4.90. The zero-order valence-corrected chi connectivity index (χ0v) is 11.3. The number of hydrogen-bond donors (Lipinski definition) is 1. The lowest BCUT2D eigenvalue weighted by Crippen LogP contribution is -2.27. The van der Waals surface area contributed by atoms with E-state index in [1.165, 1.54) is 38.5 Å². The van der Waals surface area contributed by atoms with E-state index in [2.05, 4.69) is 19.6 Å². The van der Waals surface area contributed by atoms with Gasteiger partial charge >= 0.3 is 0 Å². The van der Waals surface area contributed by atoms with Crippen molar-refractivity contribution in [2.75, 3.05) is 0 Å². The monoisotopic (exact) mass is 236 g/mol. The number of hydrogen-bond acceptors (Lipinski definition) is 1. The predicted octanol–water partition coefficient (Wildman–Crippen LogP) is 4.17. The van der Waals surface area contributed by atoms with Crippen molar-refractivity contribution in [1.82, 2.24) is 0 Å². The molecule has 98 valence electrons. The molecule has 0 spiro atoms. The van der Waals surface area contributed by atoms with Crippen LogP contribution < -0.4 is 0 Å². The van der Waals surface area contributed by atoms with Crippen molar-refractivity contribution in [2.45, 2.75) is 64.4 Å². The summed E-state index contributed by atoms with van der Waals surface area (Å²) in [5.74, 6) is 3.22. The van der Waals surface area contributed by atoms with Gasteiger partial charge in [-0.05, 0) is 49.4 Å². The standard InChI is InChI=1S/C16H28O/c1-3-12-8-13(11-16(17)10-12)9-15-7-5-6-14(15)4-2/h3,12-17H,1,4-11H2,2H3/t12?,13-,14-,15?,16?/m1/s1. The summed E-state index contributed by atoms with van der Waals surface area (Å²) >= 11 is 0. The third-order valence-corrected chi connectivity index (χ3v) is 5.13. The lowest BCUT2D eigenvalue weighted by Gasteiger charge is -2.33. The van der Waals surface area contributed by atoms with Gasteiger partial charge in [0.25, 0.3) is 0 Å². The molecular weight excluding hydrogens is 208 g/mol. The van der Waals surface area contributed by atoms with Gasteiger partial charge < -0.3 is 5.11 Å². The van der Waals surface area contributed by atoms with E-state index >= 15 is 0 Å². The van der Waals surface area contributed by atoms with E-state index in [0.717, 1.165) is 30.6 Å². The average molecular weight is 236 g/mol. The van der Waals surface area contributed by atoms with Crippen LogP contribution in [0.2, 0.25) is 0 Å². The van der Waals surface area contributed by atoms with Crippen LogP contribution in [0.25, 0.3) is 0 Å². The van der Waals surface area contributed by atoms with Gasteiger partial charge in [0, 0.05) is 0 Å². The van der Waals surface area contributed by atoms with Crippen LogP contribution in [-0.4, -0.2) is 11.2 Å². The molecule has 2 saturated carbocycles. The highest BCUT2D eigenvalue weighted by Crippen LogP contribution is 2.42. The zero-order valence-electron chi connectivity index (χ0n) is 11.3. The Bertz CT molecular complexity index is 248. The fourth-order valence-corrected chi connectivity index (χ4v) is 4.23. The maximum Gasteiger partial charge on any atom is 0.0548 e. The van der Waals surface area contributed by atoms with Crippen molar-refractivity contribution in [2.24, 2.45) is 23.7 Å². The van der Waals surface area contributed by atoms with Gasteiger partial charge in [0.1, 0.15) is 0 Å². The maximum absolute atomic E-state index is 9.93. The minimum absolute atomic E-state index is 0.0711. The van der Waals surface area contributed by atoms with Crippen LogP contribution in [0.5, 0.6) is 0 Å². The Morgan fingerprint density at radius 2 is 1.94 bits per heavy atom. The summed E-state index contributed by atoms with van der Waals surface area (Å²) in [5.41, 5.74) is 0. The van der Waals surface area contributed by atoms with Gasteiger partial charge in [-0.3, -0.25) is 0 Å². The predicted molar refractivity (Wildman–Crippen MR) is 72.8 cm³/mol. The fourth-order valence-electron chi connectivity index (χ4n) is 4.23. The van der Waals surface area contributed by atoms with Crippen LogP contribution >= 0.6 is 0 Å². The summed E-state index contributed by atoms with van der Waals surface area (Å²) < 4.78 is 0. The zero-order chi connectivity index (χ0) is 12.3. The molecule has 0 aliphatic heterocycles. The number of aliphatic hydroxyl groups excluding tert-OH is 1. The molecule has 1 heteroatoms. The molecule has 0 radical (unpaired) electrons. The lowest BCUT2D eigenvalue weighted by molar-refractivity contribution is 0.0709. The first-order valence-electron chi connectivity index (χ1n) is 7.53. The van der Waals surface area contributed by atoms with E-state index in [0.29, 0.717) is 5.92 Å². The van der Waals surface area contributed by atoms with Crippen LogP contribution in [0.15, 0.2) is 12.7 Å². The van der Waals surface area contributed by atoms with Crippen molar-refractivity contribution >= 4 is 0 Å². The Hall–Kier alpha value is -0.300. The molecule has 0 aromatic heterocycles. The summed E-state index contributed by atoms with van der Waals surface area (Å²) in [6.45, 7) is 6.24. The normalized spacial score (nSPS) is 42.6. The first-order valence-corrected chi connectivity index (χ1v) is 7.53. The van der Waals surface area contributed by atoms with Crippen LogP contribution in [0.1, 0.15) is 58.3 Å². The molecule has 0 bridgehead atoms. The third kappa shape index (κ3) is 3.34. The molecule has 3 unspecified atom stereocenters. The average Bonchev–Trinajstić information content (AvgIpc) is 2.75. The molecule has 0 aromatic carbocycles. The van der Waals surface area contributed by atoms with Crippen molar-refractivity contribution < 1.29 is 5.11 Å². The van der Waals surface area contributed by atoms with Gasteiger partial charge in [0.05, 0.1) is 6.10 Å². The molecule has 1 N–H and O–H groups in total. The number of aliphatic hydroxyl groups is 1. The van der Waals surface area contributed by atoms with Crippen molar-refractivity contribution in [3.05, 3.63) is 12.7 Å². The van der Waals surface area contributed by atoms with E-state index < -0.39 is 0 Å². The van der Waals surface area contributed by atoms with E-state index in [1.54, 1.807) is 0 Å². The molecule has 17 heavy (non-hydrogen) atoms. The summed E-state index contributed by atoms with van der Waals surface area (Å²) in [5, 5.41) is 9.93. The van der Waals surface area contributed by atoms with Crippen LogP contribution in [0.4, 0.5) is 0 Å². The second-order valence-corrected chi connectivity index (χ2v) is 6.32. The largest absolute Gasteiger partial charge is 0.393 e. The van der Waals surface area contributed by atoms with Crippen LogP contribution in [0.3, 0.4) is 0 Å². The Morgan fingerprint density at radius 1 is 1.18 bits per heavy atom. The van der Waals surface area contributed by atoms with Gasteiger partial charge in [-0.15, -0.1) is 6.58 Å². The summed E-state index contributed by atoms with van der Waals surface area (Å²) in [6, 6.07) is 0. The van der Waals surface area contributed by atoms with Gasteiger partial charge in [-0.2, -0.15) is 0 Å². The van der Waals surface area contributed by atoms with Crippen LogP contribution in [0, 0.1) is 23.7 Å². The summed E-state index contributed by atoms with van der Waals surface area (Å²) in [7, 11) is 0. The third-order valence-electron chi connectivity index (χ3n) is 5.13. The second kappa shape index (κ2) is 6.04. The lowest BCUT2D eigenvalue weighted by atomic mass is 9.74. The van der Waals surface area contributed by atoms with Gasteiger partial charge in [-0.25, -0.2) is 0 Å². The molecule has 0 amide bonds. The first kappa shape index (κ1) is 13.1. The molecule has 1 nitrogen and oxygen atoms in total. The molecule has 2 rings (SSSR count). The Balaban J connectivity index is 1.87. The fraction of sp³-hybridized carbons (Fsp3) is 0.875. The topological polar surface area (TPSA) is 20.2 Å². The Kier molecular flexibility index (Phi) is 4.67. The number of rotatable bonds is 4. The van der Waals surface area contributed by atoms with Gasteiger partial charge in [0.15, 0.2) is 0 Å². The van der Waals surface area contributed by atoms with Gasteiger partial charge in [-0.1, -0.05) is 38.7 Å². The number of allylic oxidation sites excluding steroid dienone is 1. The highest BCUT2D eigenvalue weighted by Gasteiger charge is 2.32. The first-order chi connectivity index (χ1) is 8.22. The van der Waals surface area contributed by atoms with Crippen LogP contribution in [-0.2, 0) is 0 Å². The molecule has 0 saturated heterocycles. The molecule has 2 fully saturated rings. The van der Waals surface area contributed by atoms with E-state index in [9.17, 15) is 5.11 Å².